The molecule has 0 aromatic rings. The molecule has 0 aromatic heterocycles. The van der Waals surface area contributed by atoms with Crippen molar-refractivity contribution < 1.29 is 9.59 Å². The van der Waals surface area contributed by atoms with E-state index < -0.39 is 5.54 Å². The number of nitrogens with one attached hydrogen (secondary N) is 1. The molecule has 0 radical (unpaired) electrons. The fourth-order valence-corrected chi connectivity index (χ4v) is 1.56. The third-order valence-corrected chi connectivity index (χ3v) is 2.36. The quantitative estimate of drug-likeness (QED) is 0.677. The standard InChI is InChI=1S/C13H27N3O2/c1-5-7-15-11(17)10-16(8-6-2)12(18)9-13(3,4)14/h5-10,14H2,1-4H3,(H,15,17). The first-order valence-corrected chi connectivity index (χ1v) is 6.63. The Morgan fingerprint density at radius 1 is 1.22 bits per heavy atom. The Morgan fingerprint density at radius 2 is 1.83 bits per heavy atom. The van der Waals surface area contributed by atoms with E-state index in [0.29, 0.717) is 13.1 Å². The van der Waals surface area contributed by atoms with E-state index in [9.17, 15) is 9.59 Å². The van der Waals surface area contributed by atoms with Crippen LogP contribution in [-0.2, 0) is 9.59 Å². The van der Waals surface area contributed by atoms with Crippen LogP contribution in [0.1, 0.15) is 47.0 Å². The highest BCUT2D eigenvalue weighted by molar-refractivity contribution is 5.85. The maximum atomic E-state index is 12.0. The van der Waals surface area contributed by atoms with E-state index in [1.54, 1.807) is 4.90 Å². The van der Waals surface area contributed by atoms with Crippen molar-refractivity contribution in [3.63, 3.8) is 0 Å². The third-order valence-electron chi connectivity index (χ3n) is 2.36. The van der Waals surface area contributed by atoms with Crippen LogP contribution in [0.15, 0.2) is 0 Å². The highest BCUT2D eigenvalue weighted by Gasteiger charge is 2.22. The van der Waals surface area contributed by atoms with Crippen molar-refractivity contribution in [3.05, 3.63) is 0 Å². The largest absolute Gasteiger partial charge is 0.355 e. The minimum absolute atomic E-state index is 0.0593. The number of amides is 2. The van der Waals surface area contributed by atoms with Gasteiger partial charge in [-0.1, -0.05) is 13.8 Å². The van der Waals surface area contributed by atoms with Gasteiger partial charge in [-0.15, -0.1) is 0 Å². The van der Waals surface area contributed by atoms with Crippen LogP contribution >= 0.6 is 0 Å². The molecule has 0 aromatic carbocycles. The summed E-state index contributed by atoms with van der Waals surface area (Å²) < 4.78 is 0. The summed E-state index contributed by atoms with van der Waals surface area (Å²) in [5, 5.41) is 2.77. The highest BCUT2D eigenvalue weighted by atomic mass is 16.2. The van der Waals surface area contributed by atoms with Crippen LogP contribution in [0.3, 0.4) is 0 Å². The van der Waals surface area contributed by atoms with Crippen LogP contribution in [0.4, 0.5) is 0 Å². The van der Waals surface area contributed by atoms with E-state index in [0.717, 1.165) is 12.8 Å². The van der Waals surface area contributed by atoms with E-state index >= 15 is 0 Å². The summed E-state index contributed by atoms with van der Waals surface area (Å²) in [4.78, 5) is 25.2. The number of nitrogens with two attached hydrogens (primary N) is 1. The van der Waals surface area contributed by atoms with Gasteiger partial charge in [0.25, 0.3) is 0 Å². The summed E-state index contributed by atoms with van der Waals surface area (Å²) in [6.07, 6.45) is 1.98. The molecule has 0 heterocycles. The first-order chi connectivity index (χ1) is 8.30. The van der Waals surface area contributed by atoms with Crippen molar-refractivity contribution in [2.45, 2.75) is 52.5 Å². The zero-order valence-corrected chi connectivity index (χ0v) is 12.1. The number of carbonyl (C=O) groups is 2. The Balaban J connectivity index is 4.37. The second kappa shape index (κ2) is 8.08. The molecule has 0 bridgehead atoms. The van der Waals surface area contributed by atoms with Crippen LogP contribution in [0, 0.1) is 0 Å². The molecule has 0 aliphatic carbocycles. The zero-order chi connectivity index (χ0) is 14.2. The van der Waals surface area contributed by atoms with Crippen LogP contribution < -0.4 is 11.1 Å². The predicted octanol–water partition coefficient (Wildman–Crippen LogP) is 0.879. The normalized spacial score (nSPS) is 11.2. The Labute approximate surface area is 110 Å². The summed E-state index contributed by atoms with van der Waals surface area (Å²) >= 11 is 0. The van der Waals surface area contributed by atoms with Gasteiger partial charge in [-0.05, 0) is 26.7 Å². The monoisotopic (exact) mass is 257 g/mol. The molecule has 106 valence electrons. The highest BCUT2D eigenvalue weighted by Crippen LogP contribution is 2.07. The molecular weight excluding hydrogens is 230 g/mol. The van der Waals surface area contributed by atoms with Crippen molar-refractivity contribution >= 4 is 11.8 Å². The van der Waals surface area contributed by atoms with E-state index in [1.165, 1.54) is 0 Å². The van der Waals surface area contributed by atoms with E-state index in [2.05, 4.69) is 5.32 Å². The van der Waals surface area contributed by atoms with Gasteiger partial charge in [0, 0.05) is 25.0 Å². The molecule has 0 rings (SSSR count). The average Bonchev–Trinajstić information content (AvgIpc) is 2.23. The maximum absolute atomic E-state index is 12.0. The van der Waals surface area contributed by atoms with Crippen molar-refractivity contribution in [1.29, 1.82) is 0 Å². The number of hydrogen-bond donors (Lipinski definition) is 2. The first kappa shape index (κ1) is 16.9. The van der Waals surface area contributed by atoms with Gasteiger partial charge in [0.2, 0.25) is 11.8 Å². The minimum atomic E-state index is -0.539. The summed E-state index contributed by atoms with van der Waals surface area (Å²) in [6, 6.07) is 0. The number of carbonyl (C=O) groups excluding carboxylic acids is 2. The topological polar surface area (TPSA) is 75.4 Å². The van der Waals surface area contributed by atoms with Gasteiger partial charge in [-0.25, -0.2) is 0 Å². The lowest BCUT2D eigenvalue weighted by atomic mass is 10.0. The second-order valence-electron chi connectivity index (χ2n) is 5.33. The Bertz CT molecular complexity index is 272. The lowest BCUT2D eigenvalue weighted by Crippen LogP contribution is -2.45. The molecule has 5 heteroatoms. The van der Waals surface area contributed by atoms with Gasteiger partial charge < -0.3 is 16.0 Å². The van der Waals surface area contributed by atoms with E-state index in [1.807, 2.05) is 27.7 Å². The second-order valence-corrected chi connectivity index (χ2v) is 5.33. The van der Waals surface area contributed by atoms with Gasteiger partial charge in [-0.3, -0.25) is 9.59 Å². The Morgan fingerprint density at radius 3 is 2.28 bits per heavy atom. The first-order valence-electron chi connectivity index (χ1n) is 6.63. The maximum Gasteiger partial charge on any atom is 0.239 e. The molecule has 0 saturated heterocycles. The fourth-order valence-electron chi connectivity index (χ4n) is 1.56. The van der Waals surface area contributed by atoms with Gasteiger partial charge in [0.05, 0.1) is 6.54 Å². The zero-order valence-electron chi connectivity index (χ0n) is 12.1. The third kappa shape index (κ3) is 8.06. The number of hydrogen-bond acceptors (Lipinski definition) is 3. The molecule has 0 fully saturated rings. The Hall–Kier alpha value is -1.10. The van der Waals surface area contributed by atoms with Crippen LogP contribution in [0.5, 0.6) is 0 Å². The molecule has 0 saturated carbocycles. The predicted molar refractivity (Wildman–Crippen MR) is 73.1 cm³/mol. The minimum Gasteiger partial charge on any atom is -0.355 e. The lowest BCUT2D eigenvalue weighted by molar-refractivity contribution is -0.136. The van der Waals surface area contributed by atoms with Gasteiger partial charge in [0.15, 0.2) is 0 Å². The number of rotatable bonds is 8. The van der Waals surface area contributed by atoms with Crippen LogP contribution in [0.2, 0.25) is 0 Å². The van der Waals surface area contributed by atoms with Crippen molar-refractivity contribution in [2.24, 2.45) is 5.73 Å². The van der Waals surface area contributed by atoms with Crippen molar-refractivity contribution in [3.8, 4) is 0 Å². The molecule has 2 amide bonds. The average molecular weight is 257 g/mol. The molecule has 5 nitrogen and oxygen atoms in total. The van der Waals surface area contributed by atoms with E-state index in [4.69, 9.17) is 5.73 Å². The molecule has 0 aliphatic heterocycles. The molecule has 3 N–H and O–H groups in total. The summed E-state index contributed by atoms with van der Waals surface area (Å²) in [5.74, 6) is -0.163. The van der Waals surface area contributed by atoms with Crippen LogP contribution in [0.25, 0.3) is 0 Å². The molecule has 0 aliphatic rings. The Kier molecular flexibility index (Phi) is 7.59. The molecular formula is C13H27N3O2. The smallest absolute Gasteiger partial charge is 0.239 e. The van der Waals surface area contributed by atoms with Gasteiger partial charge >= 0.3 is 0 Å². The SMILES string of the molecule is CCCNC(=O)CN(CCC)C(=O)CC(C)(C)N. The summed E-state index contributed by atoms with van der Waals surface area (Å²) in [7, 11) is 0. The lowest BCUT2D eigenvalue weighted by Gasteiger charge is -2.26. The summed E-state index contributed by atoms with van der Waals surface area (Å²) in [6.45, 7) is 8.97. The molecule has 18 heavy (non-hydrogen) atoms. The van der Waals surface area contributed by atoms with Crippen LogP contribution in [-0.4, -0.2) is 41.9 Å². The van der Waals surface area contributed by atoms with Gasteiger partial charge in [0.1, 0.15) is 0 Å². The fraction of sp³-hybridized carbons (Fsp3) is 0.846. The van der Waals surface area contributed by atoms with Crippen molar-refractivity contribution in [1.82, 2.24) is 10.2 Å². The van der Waals surface area contributed by atoms with Crippen molar-refractivity contribution in [2.75, 3.05) is 19.6 Å². The summed E-state index contributed by atoms with van der Waals surface area (Å²) in [5.41, 5.74) is 5.29. The van der Waals surface area contributed by atoms with Gasteiger partial charge in [-0.2, -0.15) is 0 Å². The van der Waals surface area contributed by atoms with E-state index in [-0.39, 0.29) is 24.8 Å². The number of nitrogens with zero attached hydrogens (tertiary/aromatic N) is 1. The molecule has 0 unspecified atom stereocenters. The molecule has 0 atom stereocenters. The molecule has 0 spiro atoms.